The minimum atomic E-state index is -0.0280. The van der Waals surface area contributed by atoms with Crippen LogP contribution in [0.5, 0.6) is 0 Å². The fourth-order valence-electron chi connectivity index (χ4n) is 2.65. The number of hydrogen-bond acceptors (Lipinski definition) is 5. The monoisotopic (exact) mass is 292 g/mol. The first-order chi connectivity index (χ1) is 10.8. The zero-order valence-corrected chi connectivity index (χ0v) is 12.3. The van der Waals surface area contributed by atoms with Crippen LogP contribution in [0, 0.1) is 0 Å². The molecule has 6 heteroatoms. The van der Waals surface area contributed by atoms with Crippen LogP contribution in [0.15, 0.2) is 48.9 Å². The predicted octanol–water partition coefficient (Wildman–Crippen LogP) is 2.37. The van der Waals surface area contributed by atoms with Gasteiger partial charge >= 0.3 is 0 Å². The van der Waals surface area contributed by atoms with Crippen LogP contribution < -0.4 is 5.32 Å². The van der Waals surface area contributed by atoms with E-state index in [1.165, 1.54) is 11.9 Å². The van der Waals surface area contributed by atoms with Crippen molar-refractivity contribution in [3.63, 3.8) is 0 Å². The summed E-state index contributed by atoms with van der Waals surface area (Å²) in [5, 5.41) is 7.57. The Morgan fingerprint density at radius 2 is 1.91 bits per heavy atom. The van der Waals surface area contributed by atoms with E-state index < -0.39 is 0 Å². The van der Waals surface area contributed by atoms with Crippen LogP contribution in [0.25, 0.3) is 11.5 Å². The van der Waals surface area contributed by atoms with Crippen molar-refractivity contribution in [1.29, 1.82) is 0 Å². The summed E-state index contributed by atoms with van der Waals surface area (Å²) in [5.41, 5.74) is 2.02. The average Bonchev–Trinajstić information content (AvgIpc) is 3.21. The highest BCUT2D eigenvalue weighted by Gasteiger charge is 2.44. The van der Waals surface area contributed by atoms with E-state index >= 15 is 0 Å². The maximum absolute atomic E-state index is 4.58. The van der Waals surface area contributed by atoms with Crippen LogP contribution >= 0.6 is 0 Å². The Hall–Kier alpha value is -2.76. The minimum absolute atomic E-state index is 0.0280. The van der Waals surface area contributed by atoms with Gasteiger partial charge in [-0.25, -0.2) is 19.6 Å². The van der Waals surface area contributed by atoms with Crippen molar-refractivity contribution in [2.24, 2.45) is 7.05 Å². The highest BCUT2D eigenvalue weighted by molar-refractivity contribution is 5.52. The van der Waals surface area contributed by atoms with E-state index in [4.69, 9.17) is 0 Å². The summed E-state index contributed by atoms with van der Waals surface area (Å²) < 4.78 is 1.70. The third kappa shape index (κ3) is 2.22. The third-order valence-corrected chi connectivity index (χ3v) is 4.02. The van der Waals surface area contributed by atoms with Gasteiger partial charge in [0.2, 0.25) is 5.95 Å². The molecule has 1 aliphatic carbocycles. The Morgan fingerprint density at radius 1 is 1.09 bits per heavy atom. The topological polar surface area (TPSA) is 68.5 Å². The molecule has 110 valence electrons. The molecule has 0 aliphatic heterocycles. The van der Waals surface area contributed by atoms with Gasteiger partial charge in [0.15, 0.2) is 5.82 Å². The van der Waals surface area contributed by atoms with E-state index in [2.05, 4.69) is 49.6 Å². The zero-order chi connectivity index (χ0) is 15.0. The number of hydrogen-bond donors (Lipinski definition) is 1. The molecule has 1 N–H and O–H groups in total. The Kier molecular flexibility index (Phi) is 2.89. The lowest BCUT2D eigenvalue weighted by Crippen LogP contribution is -2.20. The maximum atomic E-state index is 4.58. The van der Waals surface area contributed by atoms with Crippen LogP contribution in [0.1, 0.15) is 18.4 Å². The number of nitrogens with zero attached hydrogens (tertiary/aromatic N) is 5. The molecule has 4 rings (SSSR count). The Bertz CT molecular complexity index is 791. The van der Waals surface area contributed by atoms with Gasteiger partial charge in [-0.3, -0.25) is 0 Å². The summed E-state index contributed by atoms with van der Waals surface area (Å²) in [6.45, 7) is 0. The Morgan fingerprint density at radius 3 is 2.59 bits per heavy atom. The summed E-state index contributed by atoms with van der Waals surface area (Å²) >= 11 is 0. The van der Waals surface area contributed by atoms with Gasteiger partial charge in [0.25, 0.3) is 0 Å². The number of anilines is 1. The first-order valence-corrected chi connectivity index (χ1v) is 7.28. The molecule has 0 spiro atoms. The molecule has 0 unspecified atom stereocenters. The number of rotatable bonds is 4. The van der Waals surface area contributed by atoms with Gasteiger partial charge in [-0.1, -0.05) is 30.3 Å². The summed E-state index contributed by atoms with van der Waals surface area (Å²) in [5.74, 6) is 1.36. The SMILES string of the molecule is Cn1ncnc1-c1ccnc(NC2(c3ccccc3)CC2)n1. The molecular formula is C16H16N6. The van der Waals surface area contributed by atoms with E-state index in [0.29, 0.717) is 5.95 Å². The average molecular weight is 292 g/mol. The fourth-order valence-corrected chi connectivity index (χ4v) is 2.65. The van der Waals surface area contributed by atoms with Crippen molar-refractivity contribution in [3.8, 4) is 11.5 Å². The molecule has 1 aromatic carbocycles. The second-order valence-electron chi connectivity index (χ2n) is 5.55. The lowest BCUT2D eigenvalue weighted by Gasteiger charge is -2.18. The molecule has 22 heavy (non-hydrogen) atoms. The van der Waals surface area contributed by atoms with Crippen LogP contribution in [0.4, 0.5) is 5.95 Å². The molecule has 0 radical (unpaired) electrons. The lowest BCUT2D eigenvalue weighted by molar-refractivity contribution is 0.768. The number of benzene rings is 1. The first kappa shape index (κ1) is 12.9. The van der Waals surface area contributed by atoms with Gasteiger partial charge in [0, 0.05) is 13.2 Å². The second-order valence-corrected chi connectivity index (χ2v) is 5.55. The van der Waals surface area contributed by atoms with Crippen molar-refractivity contribution >= 4 is 5.95 Å². The van der Waals surface area contributed by atoms with E-state index in [0.717, 1.165) is 24.4 Å². The molecule has 0 bridgehead atoms. The Labute approximate surface area is 128 Å². The number of aromatic nitrogens is 5. The van der Waals surface area contributed by atoms with Crippen molar-refractivity contribution in [3.05, 3.63) is 54.5 Å². The van der Waals surface area contributed by atoms with Crippen molar-refractivity contribution in [2.45, 2.75) is 18.4 Å². The molecule has 2 aromatic heterocycles. The summed E-state index contributed by atoms with van der Waals surface area (Å²) in [4.78, 5) is 13.2. The zero-order valence-electron chi connectivity index (χ0n) is 12.3. The van der Waals surface area contributed by atoms with Crippen molar-refractivity contribution < 1.29 is 0 Å². The molecular weight excluding hydrogens is 276 g/mol. The van der Waals surface area contributed by atoms with Crippen molar-refractivity contribution in [1.82, 2.24) is 24.7 Å². The van der Waals surface area contributed by atoms with Crippen LogP contribution in [0.2, 0.25) is 0 Å². The number of aryl methyl sites for hydroxylation is 1. The van der Waals surface area contributed by atoms with Gasteiger partial charge in [-0.2, -0.15) is 5.10 Å². The van der Waals surface area contributed by atoms with Gasteiger partial charge in [-0.05, 0) is 24.5 Å². The summed E-state index contributed by atoms with van der Waals surface area (Å²) in [7, 11) is 1.85. The smallest absolute Gasteiger partial charge is 0.224 e. The van der Waals surface area contributed by atoms with Crippen LogP contribution in [-0.2, 0) is 12.6 Å². The molecule has 0 amide bonds. The first-order valence-electron chi connectivity index (χ1n) is 7.28. The van der Waals surface area contributed by atoms with E-state index in [1.54, 1.807) is 10.9 Å². The molecule has 6 nitrogen and oxygen atoms in total. The second kappa shape index (κ2) is 4.91. The lowest BCUT2D eigenvalue weighted by atomic mass is 10.1. The Balaban J connectivity index is 1.63. The maximum Gasteiger partial charge on any atom is 0.224 e. The molecule has 0 atom stereocenters. The predicted molar refractivity (Wildman–Crippen MR) is 83.0 cm³/mol. The summed E-state index contributed by atoms with van der Waals surface area (Å²) in [6, 6.07) is 12.3. The summed E-state index contributed by atoms with van der Waals surface area (Å²) in [6.07, 6.45) is 5.46. The molecule has 1 aliphatic rings. The normalized spacial score (nSPS) is 15.5. The molecule has 0 saturated heterocycles. The highest BCUT2D eigenvalue weighted by atomic mass is 15.3. The van der Waals surface area contributed by atoms with E-state index in [-0.39, 0.29) is 5.54 Å². The van der Waals surface area contributed by atoms with Gasteiger partial charge in [0.1, 0.15) is 12.0 Å². The fraction of sp³-hybridized carbons (Fsp3) is 0.250. The van der Waals surface area contributed by atoms with Gasteiger partial charge in [0.05, 0.1) is 5.54 Å². The standard InChI is InChI=1S/C16H16N6/c1-22-14(18-11-19-22)13-7-10-17-15(20-13)21-16(8-9-16)12-5-3-2-4-6-12/h2-7,10-11H,8-9H2,1H3,(H,17,20,21). The van der Waals surface area contributed by atoms with Gasteiger partial charge in [-0.15, -0.1) is 0 Å². The minimum Gasteiger partial charge on any atom is -0.345 e. The molecule has 1 fully saturated rings. The third-order valence-electron chi connectivity index (χ3n) is 4.02. The van der Waals surface area contributed by atoms with Crippen LogP contribution in [0.3, 0.4) is 0 Å². The van der Waals surface area contributed by atoms with Crippen LogP contribution in [-0.4, -0.2) is 24.7 Å². The molecule has 3 aromatic rings. The molecule has 1 saturated carbocycles. The quantitative estimate of drug-likeness (QED) is 0.799. The van der Waals surface area contributed by atoms with Gasteiger partial charge < -0.3 is 5.32 Å². The van der Waals surface area contributed by atoms with Crippen molar-refractivity contribution in [2.75, 3.05) is 5.32 Å². The van der Waals surface area contributed by atoms with E-state index in [9.17, 15) is 0 Å². The highest BCUT2D eigenvalue weighted by Crippen LogP contribution is 2.47. The number of nitrogens with one attached hydrogen (secondary N) is 1. The molecule has 2 heterocycles. The largest absolute Gasteiger partial charge is 0.345 e. The van der Waals surface area contributed by atoms with E-state index in [1.807, 2.05) is 19.2 Å².